The minimum absolute atomic E-state index is 0.174. The van der Waals surface area contributed by atoms with E-state index in [1.807, 2.05) is 0 Å². The number of piperidine rings is 1. The zero-order valence-electron chi connectivity index (χ0n) is 14.6. The lowest BCUT2D eigenvalue weighted by molar-refractivity contribution is -0.129. The van der Waals surface area contributed by atoms with Gasteiger partial charge in [0.2, 0.25) is 15.7 Å². The molecule has 1 aliphatic rings. The van der Waals surface area contributed by atoms with Crippen LogP contribution >= 0.6 is 11.6 Å². The molecule has 134 valence electrons. The molecule has 0 aliphatic carbocycles. The molecule has 0 unspecified atom stereocenters. The normalized spacial score (nSPS) is 22.2. The summed E-state index contributed by atoms with van der Waals surface area (Å²) in [5.41, 5.74) is -0.169. The van der Waals surface area contributed by atoms with Gasteiger partial charge in [-0.2, -0.15) is 0 Å². The van der Waals surface area contributed by atoms with Crippen molar-refractivity contribution < 1.29 is 13.2 Å². The molecule has 1 aromatic carbocycles. The summed E-state index contributed by atoms with van der Waals surface area (Å²) in [7, 11) is -3.81. The molecule has 24 heavy (non-hydrogen) atoms. The fourth-order valence-corrected chi connectivity index (χ4v) is 5.12. The Kier molecular flexibility index (Phi) is 5.33. The minimum Gasteiger partial charge on any atom is -0.335 e. The number of sulfone groups is 1. The number of amides is 1. The highest BCUT2D eigenvalue weighted by atomic mass is 35.5. The van der Waals surface area contributed by atoms with Crippen LogP contribution in [0.15, 0.2) is 23.1 Å². The highest BCUT2D eigenvalue weighted by molar-refractivity contribution is 7.93. The van der Waals surface area contributed by atoms with Crippen LogP contribution in [0.4, 0.5) is 0 Å². The number of hydrogen-bond donors (Lipinski definition) is 2. The second kappa shape index (κ2) is 6.65. The number of nitrogens with one attached hydrogen (secondary N) is 2. The maximum atomic E-state index is 13.4. The number of hydrogen-bond acceptors (Lipinski definition) is 4. The Hall–Kier alpha value is -1.11. The maximum absolute atomic E-state index is 13.4. The summed E-state index contributed by atoms with van der Waals surface area (Å²) in [5, 5.41) is 6.34. The Morgan fingerprint density at radius 1 is 1.33 bits per heavy atom. The number of carbonyl (C=O) groups is 1. The SMILES string of the molecule is Cc1c(Cl)cccc1S(=O)(=O)[C@@]1(NC(=O)C(C)(C)C)CCCNC1. The molecule has 1 saturated heterocycles. The zero-order valence-corrected chi connectivity index (χ0v) is 16.1. The number of halogens is 1. The first-order valence-corrected chi connectivity index (χ1v) is 9.90. The predicted octanol–water partition coefficient (Wildman–Crippen LogP) is 2.66. The van der Waals surface area contributed by atoms with Gasteiger partial charge in [0.15, 0.2) is 4.87 Å². The highest BCUT2D eigenvalue weighted by Crippen LogP contribution is 2.34. The lowest BCUT2D eigenvalue weighted by Gasteiger charge is -2.39. The van der Waals surface area contributed by atoms with Crippen molar-refractivity contribution in [1.82, 2.24) is 10.6 Å². The lowest BCUT2D eigenvalue weighted by atomic mass is 9.94. The van der Waals surface area contributed by atoms with Gasteiger partial charge in [0, 0.05) is 17.0 Å². The molecule has 1 fully saturated rings. The van der Waals surface area contributed by atoms with Gasteiger partial charge < -0.3 is 10.6 Å². The molecule has 7 heteroatoms. The van der Waals surface area contributed by atoms with Gasteiger partial charge in [-0.05, 0) is 44.0 Å². The van der Waals surface area contributed by atoms with Gasteiger partial charge in [-0.3, -0.25) is 4.79 Å². The monoisotopic (exact) mass is 372 g/mol. The minimum atomic E-state index is -3.81. The quantitative estimate of drug-likeness (QED) is 0.855. The predicted molar refractivity (Wildman–Crippen MR) is 95.8 cm³/mol. The summed E-state index contributed by atoms with van der Waals surface area (Å²) in [4.78, 5) is 11.4. The molecule has 0 aromatic heterocycles. The van der Waals surface area contributed by atoms with E-state index >= 15 is 0 Å². The Labute approximate surface area is 149 Å². The van der Waals surface area contributed by atoms with Crippen LogP contribution in [-0.4, -0.2) is 32.3 Å². The third kappa shape index (κ3) is 3.46. The van der Waals surface area contributed by atoms with Crippen molar-refractivity contribution in [2.75, 3.05) is 13.1 Å². The second-order valence-electron chi connectivity index (χ2n) is 7.35. The first-order valence-electron chi connectivity index (χ1n) is 8.04. The Bertz CT molecular complexity index is 733. The average molecular weight is 373 g/mol. The summed E-state index contributed by atoms with van der Waals surface area (Å²) in [6, 6.07) is 4.84. The smallest absolute Gasteiger partial charge is 0.226 e. The summed E-state index contributed by atoms with van der Waals surface area (Å²) in [5.74, 6) is -0.283. The van der Waals surface area contributed by atoms with E-state index in [0.29, 0.717) is 23.4 Å². The van der Waals surface area contributed by atoms with Crippen LogP contribution in [0.1, 0.15) is 39.2 Å². The van der Waals surface area contributed by atoms with E-state index in [-0.39, 0.29) is 17.3 Å². The zero-order chi connectivity index (χ0) is 18.2. The summed E-state index contributed by atoms with van der Waals surface area (Å²) >= 11 is 6.12. The first-order chi connectivity index (χ1) is 11.0. The maximum Gasteiger partial charge on any atom is 0.226 e. The second-order valence-corrected chi connectivity index (χ2v) is 9.98. The average Bonchev–Trinajstić information content (AvgIpc) is 2.49. The van der Waals surface area contributed by atoms with Crippen LogP contribution in [-0.2, 0) is 14.6 Å². The first kappa shape index (κ1) is 19.2. The molecule has 0 bridgehead atoms. The van der Waals surface area contributed by atoms with Crippen LogP contribution in [0.25, 0.3) is 0 Å². The van der Waals surface area contributed by atoms with E-state index in [0.717, 1.165) is 6.54 Å². The number of benzene rings is 1. The van der Waals surface area contributed by atoms with E-state index in [9.17, 15) is 13.2 Å². The summed E-state index contributed by atoms with van der Waals surface area (Å²) in [6.07, 6.45) is 1.04. The van der Waals surface area contributed by atoms with Crippen molar-refractivity contribution >= 4 is 27.3 Å². The largest absolute Gasteiger partial charge is 0.335 e. The van der Waals surface area contributed by atoms with Crippen molar-refractivity contribution in [3.63, 3.8) is 0 Å². The van der Waals surface area contributed by atoms with Gasteiger partial charge in [0.1, 0.15) is 0 Å². The third-order valence-electron chi connectivity index (χ3n) is 4.39. The van der Waals surface area contributed by atoms with Crippen molar-refractivity contribution in [1.29, 1.82) is 0 Å². The van der Waals surface area contributed by atoms with Crippen LogP contribution in [0, 0.1) is 12.3 Å². The van der Waals surface area contributed by atoms with Gasteiger partial charge in [-0.15, -0.1) is 0 Å². The van der Waals surface area contributed by atoms with Crippen molar-refractivity contribution in [3.05, 3.63) is 28.8 Å². The van der Waals surface area contributed by atoms with Gasteiger partial charge in [-0.1, -0.05) is 38.4 Å². The fourth-order valence-electron chi connectivity index (χ4n) is 2.76. The molecular formula is C17H25ClN2O3S. The number of carbonyl (C=O) groups excluding carboxylic acids is 1. The molecule has 5 nitrogen and oxygen atoms in total. The molecule has 2 N–H and O–H groups in total. The molecule has 1 atom stereocenters. The fraction of sp³-hybridized carbons (Fsp3) is 0.588. The van der Waals surface area contributed by atoms with Crippen LogP contribution < -0.4 is 10.6 Å². The molecular weight excluding hydrogens is 348 g/mol. The third-order valence-corrected chi connectivity index (χ3v) is 7.30. The molecule has 0 saturated carbocycles. The molecule has 2 rings (SSSR count). The lowest BCUT2D eigenvalue weighted by Crippen LogP contribution is -2.63. The van der Waals surface area contributed by atoms with Gasteiger partial charge in [-0.25, -0.2) is 8.42 Å². The van der Waals surface area contributed by atoms with Crippen molar-refractivity contribution in [2.45, 2.75) is 50.3 Å². The van der Waals surface area contributed by atoms with Crippen molar-refractivity contribution in [3.8, 4) is 0 Å². The van der Waals surface area contributed by atoms with E-state index in [1.54, 1.807) is 45.9 Å². The van der Waals surface area contributed by atoms with E-state index in [4.69, 9.17) is 11.6 Å². The molecule has 1 amide bonds. The van der Waals surface area contributed by atoms with Gasteiger partial charge in [0.25, 0.3) is 0 Å². The molecule has 0 spiro atoms. The van der Waals surface area contributed by atoms with E-state index < -0.39 is 20.1 Å². The Balaban J connectivity index is 2.54. The van der Waals surface area contributed by atoms with Crippen molar-refractivity contribution in [2.24, 2.45) is 5.41 Å². The van der Waals surface area contributed by atoms with Gasteiger partial charge >= 0.3 is 0 Å². The van der Waals surface area contributed by atoms with Gasteiger partial charge in [0.05, 0.1) is 4.90 Å². The summed E-state index contributed by atoms with van der Waals surface area (Å²) in [6.45, 7) is 7.90. The van der Waals surface area contributed by atoms with Crippen LogP contribution in [0.2, 0.25) is 5.02 Å². The molecule has 1 heterocycles. The molecule has 0 radical (unpaired) electrons. The number of rotatable bonds is 3. The summed E-state index contributed by atoms with van der Waals surface area (Å²) < 4.78 is 26.9. The topological polar surface area (TPSA) is 75.3 Å². The van der Waals surface area contributed by atoms with Crippen LogP contribution in [0.5, 0.6) is 0 Å². The van der Waals surface area contributed by atoms with E-state index in [1.165, 1.54) is 0 Å². The standard InChI is InChI=1S/C17H25ClN2O3S/c1-12-13(18)7-5-8-14(12)24(22,23)17(9-6-10-19-11-17)20-15(21)16(2,3)4/h5,7-8,19H,6,9-11H2,1-4H3,(H,20,21)/t17-/m0/s1. The Morgan fingerprint density at radius 3 is 2.54 bits per heavy atom. The molecule has 1 aromatic rings. The molecule has 1 aliphatic heterocycles. The van der Waals surface area contributed by atoms with E-state index in [2.05, 4.69) is 10.6 Å². The highest BCUT2D eigenvalue weighted by Gasteiger charge is 2.48. The van der Waals surface area contributed by atoms with Crippen LogP contribution in [0.3, 0.4) is 0 Å². The Morgan fingerprint density at radius 2 is 2.00 bits per heavy atom.